The molecule has 2 aromatic rings. The van der Waals surface area contributed by atoms with Crippen LogP contribution in [0.15, 0.2) is 4.79 Å². The Labute approximate surface area is 163 Å². The number of nitrogens with zero attached hydrogens (tertiary/aromatic N) is 1. The monoisotopic (exact) mass is 388 g/mol. The molecule has 0 saturated carbocycles. The predicted octanol–water partition coefficient (Wildman–Crippen LogP) is 2.16. The zero-order chi connectivity index (χ0) is 19.0. The van der Waals surface area contributed by atoms with Crippen LogP contribution in [-0.2, 0) is 24.1 Å². The Morgan fingerprint density at radius 2 is 2.19 bits per heavy atom. The van der Waals surface area contributed by atoms with Crippen molar-refractivity contribution in [2.75, 3.05) is 13.1 Å². The van der Waals surface area contributed by atoms with E-state index in [2.05, 4.69) is 34.4 Å². The minimum atomic E-state index is -0.0486. The van der Waals surface area contributed by atoms with Gasteiger partial charge in [0.25, 0.3) is 5.56 Å². The summed E-state index contributed by atoms with van der Waals surface area (Å²) in [4.78, 5) is 34.7. The lowest BCUT2D eigenvalue weighted by molar-refractivity contribution is -0.122. The third-order valence-corrected chi connectivity index (χ3v) is 7.13. The molecule has 2 aromatic heterocycles. The van der Waals surface area contributed by atoms with Gasteiger partial charge in [-0.05, 0) is 49.6 Å². The second kappa shape index (κ2) is 7.72. The number of thiophene rings is 1. The number of hydrogen-bond donors (Lipinski definition) is 3. The Morgan fingerprint density at radius 3 is 3.00 bits per heavy atom. The van der Waals surface area contributed by atoms with Gasteiger partial charge in [-0.25, -0.2) is 4.98 Å². The summed E-state index contributed by atoms with van der Waals surface area (Å²) in [6, 6.07) is 0.187. The van der Waals surface area contributed by atoms with Gasteiger partial charge in [0, 0.05) is 30.3 Å². The highest BCUT2D eigenvalue weighted by atomic mass is 32.1. The van der Waals surface area contributed by atoms with Gasteiger partial charge >= 0.3 is 0 Å². The second-order valence-corrected chi connectivity index (χ2v) is 9.27. The molecule has 3 N–H and O–H groups in total. The van der Waals surface area contributed by atoms with Gasteiger partial charge in [0.1, 0.15) is 10.7 Å². The van der Waals surface area contributed by atoms with E-state index in [1.807, 2.05) is 0 Å². The fourth-order valence-corrected chi connectivity index (χ4v) is 5.61. The molecule has 7 heteroatoms. The zero-order valence-electron chi connectivity index (χ0n) is 16.1. The topological polar surface area (TPSA) is 86.9 Å². The van der Waals surface area contributed by atoms with E-state index in [-0.39, 0.29) is 17.5 Å². The molecule has 6 nitrogen and oxygen atoms in total. The number of carbonyl (C=O) groups excluding carboxylic acids is 1. The van der Waals surface area contributed by atoms with Crippen LogP contribution in [0.4, 0.5) is 0 Å². The van der Waals surface area contributed by atoms with Gasteiger partial charge in [0.05, 0.1) is 5.39 Å². The van der Waals surface area contributed by atoms with Crippen molar-refractivity contribution in [3.05, 3.63) is 26.6 Å². The number of amides is 1. The lowest BCUT2D eigenvalue weighted by Gasteiger charge is -2.30. The van der Waals surface area contributed by atoms with Gasteiger partial charge in [-0.15, -0.1) is 11.3 Å². The summed E-state index contributed by atoms with van der Waals surface area (Å²) >= 11 is 1.65. The van der Waals surface area contributed by atoms with Crippen LogP contribution in [0.3, 0.4) is 0 Å². The molecule has 2 aliphatic rings. The number of aromatic nitrogens is 2. The molecule has 146 valence electrons. The van der Waals surface area contributed by atoms with Gasteiger partial charge in [0.2, 0.25) is 5.91 Å². The Bertz CT molecular complexity index is 903. The molecule has 3 unspecified atom stereocenters. The summed E-state index contributed by atoms with van der Waals surface area (Å²) in [5, 5.41) is 7.22. The number of aromatic amines is 1. The van der Waals surface area contributed by atoms with Crippen molar-refractivity contribution >= 4 is 27.5 Å². The van der Waals surface area contributed by atoms with Crippen molar-refractivity contribution in [3.63, 3.8) is 0 Å². The number of aryl methyl sites for hydroxylation is 2. The number of nitrogens with one attached hydrogen (secondary N) is 3. The normalized spacial score (nSPS) is 25.3. The fraction of sp³-hybridized carbons (Fsp3) is 0.650. The fourth-order valence-electron chi connectivity index (χ4n) is 4.21. The maximum absolute atomic E-state index is 12.6. The molecule has 1 saturated heterocycles. The first-order valence-corrected chi connectivity index (χ1v) is 10.9. The molecule has 27 heavy (non-hydrogen) atoms. The first-order valence-electron chi connectivity index (χ1n) is 10.0. The van der Waals surface area contributed by atoms with Crippen molar-refractivity contribution in [3.8, 4) is 0 Å². The quantitative estimate of drug-likeness (QED) is 0.749. The summed E-state index contributed by atoms with van der Waals surface area (Å²) < 4.78 is 0. The Hall–Kier alpha value is -1.73. The molecule has 4 rings (SSSR count). The molecule has 3 atom stereocenters. The SMILES string of the molecule is CC1CCc2c(sc3nc(CCC(=O)NC4CNCCC4C)[nH]c(=O)c23)C1. The highest BCUT2D eigenvalue weighted by Gasteiger charge is 2.24. The summed E-state index contributed by atoms with van der Waals surface area (Å²) in [5.41, 5.74) is 1.15. The van der Waals surface area contributed by atoms with E-state index >= 15 is 0 Å². The van der Waals surface area contributed by atoms with E-state index in [0.29, 0.717) is 30.5 Å². The van der Waals surface area contributed by atoms with Crippen LogP contribution in [0.5, 0.6) is 0 Å². The summed E-state index contributed by atoms with van der Waals surface area (Å²) in [6.45, 7) is 6.28. The van der Waals surface area contributed by atoms with Crippen molar-refractivity contribution in [1.29, 1.82) is 0 Å². The maximum atomic E-state index is 12.6. The highest BCUT2D eigenvalue weighted by molar-refractivity contribution is 7.18. The maximum Gasteiger partial charge on any atom is 0.259 e. The third-order valence-electron chi connectivity index (χ3n) is 5.98. The van der Waals surface area contributed by atoms with Crippen LogP contribution in [0.2, 0.25) is 0 Å². The molecule has 0 aromatic carbocycles. The number of carbonyl (C=O) groups is 1. The number of fused-ring (bicyclic) bond motifs is 3. The van der Waals surface area contributed by atoms with Crippen molar-refractivity contribution in [2.24, 2.45) is 11.8 Å². The minimum absolute atomic E-state index is 0.0256. The van der Waals surface area contributed by atoms with Crippen LogP contribution in [0.1, 0.15) is 49.4 Å². The number of rotatable bonds is 4. The van der Waals surface area contributed by atoms with E-state index in [9.17, 15) is 9.59 Å². The first kappa shape index (κ1) is 18.6. The second-order valence-electron chi connectivity index (χ2n) is 8.19. The number of hydrogen-bond acceptors (Lipinski definition) is 5. The van der Waals surface area contributed by atoms with Crippen LogP contribution in [0, 0.1) is 11.8 Å². The van der Waals surface area contributed by atoms with Gasteiger partial charge < -0.3 is 15.6 Å². The molecule has 0 spiro atoms. The molecular weight excluding hydrogens is 360 g/mol. The van der Waals surface area contributed by atoms with Crippen molar-refractivity contribution in [1.82, 2.24) is 20.6 Å². The zero-order valence-corrected chi connectivity index (χ0v) is 16.9. The van der Waals surface area contributed by atoms with Crippen LogP contribution in [0.25, 0.3) is 10.2 Å². The minimum Gasteiger partial charge on any atom is -0.352 e. The largest absolute Gasteiger partial charge is 0.352 e. The summed E-state index contributed by atoms with van der Waals surface area (Å²) in [7, 11) is 0. The summed E-state index contributed by atoms with van der Waals surface area (Å²) in [6.07, 6.45) is 5.04. The van der Waals surface area contributed by atoms with E-state index in [0.717, 1.165) is 49.0 Å². The molecule has 1 aliphatic carbocycles. The van der Waals surface area contributed by atoms with Gasteiger partial charge in [-0.1, -0.05) is 13.8 Å². The molecule has 0 bridgehead atoms. The van der Waals surface area contributed by atoms with E-state index in [1.165, 1.54) is 10.4 Å². The smallest absolute Gasteiger partial charge is 0.259 e. The molecule has 1 aliphatic heterocycles. The van der Waals surface area contributed by atoms with E-state index in [1.54, 1.807) is 11.3 Å². The molecule has 1 amide bonds. The van der Waals surface area contributed by atoms with Gasteiger partial charge in [-0.3, -0.25) is 9.59 Å². The Morgan fingerprint density at radius 1 is 1.33 bits per heavy atom. The lowest BCUT2D eigenvalue weighted by atomic mass is 9.89. The molecule has 1 fully saturated rings. The Balaban J connectivity index is 1.45. The van der Waals surface area contributed by atoms with Gasteiger partial charge in [-0.2, -0.15) is 0 Å². The highest BCUT2D eigenvalue weighted by Crippen LogP contribution is 2.35. The van der Waals surface area contributed by atoms with Crippen LogP contribution >= 0.6 is 11.3 Å². The summed E-state index contributed by atoms with van der Waals surface area (Å²) in [5.74, 6) is 1.80. The average molecular weight is 389 g/mol. The van der Waals surface area contributed by atoms with Crippen molar-refractivity contribution in [2.45, 2.75) is 58.4 Å². The lowest BCUT2D eigenvalue weighted by Crippen LogP contribution is -2.50. The van der Waals surface area contributed by atoms with Crippen LogP contribution < -0.4 is 16.2 Å². The average Bonchev–Trinajstić information content (AvgIpc) is 2.99. The first-order chi connectivity index (χ1) is 13.0. The van der Waals surface area contributed by atoms with Gasteiger partial charge in [0.15, 0.2) is 0 Å². The molecular formula is C20H28N4O2S. The van der Waals surface area contributed by atoms with Crippen molar-refractivity contribution < 1.29 is 4.79 Å². The number of piperidine rings is 1. The Kier molecular flexibility index (Phi) is 5.32. The number of H-pyrrole nitrogens is 1. The molecule has 0 radical (unpaired) electrons. The molecule has 3 heterocycles. The van der Waals surface area contributed by atoms with E-state index < -0.39 is 0 Å². The van der Waals surface area contributed by atoms with Crippen LogP contribution in [-0.4, -0.2) is 35.0 Å². The standard InChI is InChI=1S/C20H28N4O2S/c1-11-3-4-13-15(9-11)27-20-18(13)19(26)23-16(24-20)5-6-17(25)22-14-10-21-8-7-12(14)2/h11-12,14,21H,3-10H2,1-2H3,(H,22,25)(H,23,24,26). The third kappa shape index (κ3) is 3.94. The predicted molar refractivity (Wildman–Crippen MR) is 108 cm³/mol. The van der Waals surface area contributed by atoms with E-state index in [4.69, 9.17) is 0 Å².